The van der Waals surface area contributed by atoms with Gasteiger partial charge in [-0.3, -0.25) is 0 Å². The number of aromatic nitrogens is 3. The number of benzene rings is 1. The van der Waals surface area contributed by atoms with Gasteiger partial charge in [-0.15, -0.1) is 0 Å². The summed E-state index contributed by atoms with van der Waals surface area (Å²) in [6, 6.07) is 13.7. The Labute approximate surface area is 162 Å². The molecule has 4 rings (SSSR count). The first-order valence-electron chi connectivity index (χ1n) is 10.1. The van der Waals surface area contributed by atoms with Gasteiger partial charge in [0.1, 0.15) is 17.8 Å². The maximum atomic E-state index is 5.97. The van der Waals surface area contributed by atoms with Gasteiger partial charge in [0.2, 0.25) is 0 Å². The minimum atomic E-state index is 0.421. The molecule has 1 saturated carbocycles. The van der Waals surface area contributed by atoms with E-state index in [1.807, 2.05) is 19.9 Å². The van der Waals surface area contributed by atoms with Gasteiger partial charge in [0.05, 0.1) is 5.39 Å². The lowest BCUT2D eigenvalue weighted by Gasteiger charge is -2.21. The number of rotatable bonds is 5. The fraction of sp³-hybridized carbons (Fsp3) is 0.455. The molecule has 2 unspecified atom stereocenters. The molecular weight excluding hydrogens is 334 g/mol. The third kappa shape index (κ3) is 4.14. The maximum absolute atomic E-state index is 5.97. The highest BCUT2D eigenvalue weighted by atomic mass is 15.1. The summed E-state index contributed by atoms with van der Waals surface area (Å²) in [6.07, 6.45) is 8.51. The molecule has 0 spiro atoms. The largest absolute Gasteiger partial charge is 0.383 e. The molecule has 3 atom stereocenters. The Bertz CT molecular complexity index is 842. The normalized spacial score (nSPS) is 20.3. The summed E-state index contributed by atoms with van der Waals surface area (Å²) in [7, 11) is 2.06. The minimum absolute atomic E-state index is 0.421. The van der Waals surface area contributed by atoms with E-state index < -0.39 is 0 Å². The molecule has 0 aliphatic heterocycles. The zero-order chi connectivity index (χ0) is 19.2. The predicted molar refractivity (Wildman–Crippen MR) is 113 cm³/mol. The van der Waals surface area contributed by atoms with E-state index in [1.54, 1.807) is 6.33 Å². The molecule has 0 saturated heterocycles. The molecule has 3 aromatic rings. The number of hydrogen-bond donors (Lipinski definition) is 2. The Morgan fingerprint density at radius 2 is 1.93 bits per heavy atom. The minimum Gasteiger partial charge on any atom is -0.383 e. The highest BCUT2D eigenvalue weighted by Crippen LogP contribution is 2.40. The van der Waals surface area contributed by atoms with E-state index in [2.05, 4.69) is 63.4 Å². The quantitative estimate of drug-likeness (QED) is 0.686. The van der Waals surface area contributed by atoms with Crippen LogP contribution in [0.2, 0.25) is 0 Å². The van der Waals surface area contributed by atoms with Crippen molar-refractivity contribution in [3.8, 4) is 0 Å². The Balaban J connectivity index is 0.00000102. The Hall–Kier alpha value is -2.40. The van der Waals surface area contributed by atoms with E-state index in [9.17, 15) is 0 Å². The van der Waals surface area contributed by atoms with Gasteiger partial charge in [-0.05, 0) is 50.3 Å². The summed E-state index contributed by atoms with van der Waals surface area (Å²) in [5.41, 5.74) is 8.31. The first kappa shape index (κ1) is 19.4. The van der Waals surface area contributed by atoms with Crippen LogP contribution in [-0.2, 0) is 0 Å². The van der Waals surface area contributed by atoms with E-state index in [0.717, 1.165) is 17.0 Å². The molecule has 1 aromatic carbocycles. The second-order valence-corrected chi connectivity index (χ2v) is 7.04. The van der Waals surface area contributed by atoms with Gasteiger partial charge in [0.25, 0.3) is 0 Å². The number of hydrogen-bond acceptors (Lipinski definition) is 4. The second kappa shape index (κ2) is 9.00. The molecule has 2 aromatic heterocycles. The Kier molecular flexibility index (Phi) is 6.45. The van der Waals surface area contributed by atoms with Gasteiger partial charge >= 0.3 is 0 Å². The molecular formula is C22H31N5. The van der Waals surface area contributed by atoms with Crippen LogP contribution in [0.3, 0.4) is 0 Å². The molecule has 0 bridgehead atoms. The first-order chi connectivity index (χ1) is 13.3. The van der Waals surface area contributed by atoms with Crippen molar-refractivity contribution in [3.05, 3.63) is 54.5 Å². The first-order valence-corrected chi connectivity index (χ1v) is 10.1. The number of nitrogens with one attached hydrogen (secondary N) is 1. The van der Waals surface area contributed by atoms with E-state index in [1.165, 1.54) is 31.2 Å². The molecule has 5 nitrogen and oxygen atoms in total. The highest BCUT2D eigenvalue weighted by molar-refractivity contribution is 5.86. The standard InChI is InChI=1S/C20H25N5.C2H6/c1-22-18(15-5-3-2-4-6-15)12-14-7-8-16(11-14)25-10-9-17-19(21)23-13-24-20(17)25;1-2/h2-6,9-10,13-14,16,18,22H,7-8,11-12H2,1H3,(H2,21,23,24);1-2H3/t14?,16?,18-;/m0./s1. The highest BCUT2D eigenvalue weighted by Gasteiger charge is 2.29. The van der Waals surface area contributed by atoms with Crippen molar-refractivity contribution < 1.29 is 0 Å². The molecule has 2 heterocycles. The van der Waals surface area contributed by atoms with Crippen molar-refractivity contribution in [2.75, 3.05) is 12.8 Å². The van der Waals surface area contributed by atoms with Crippen LogP contribution in [0.25, 0.3) is 11.0 Å². The van der Waals surface area contributed by atoms with Crippen LogP contribution in [0.15, 0.2) is 48.9 Å². The predicted octanol–water partition coefficient (Wildman–Crippen LogP) is 4.73. The van der Waals surface area contributed by atoms with Crippen LogP contribution in [0.4, 0.5) is 5.82 Å². The molecule has 5 heteroatoms. The van der Waals surface area contributed by atoms with Gasteiger partial charge in [-0.1, -0.05) is 44.2 Å². The summed E-state index contributed by atoms with van der Waals surface area (Å²) >= 11 is 0. The number of fused-ring (bicyclic) bond motifs is 1. The van der Waals surface area contributed by atoms with Gasteiger partial charge < -0.3 is 15.6 Å². The third-order valence-electron chi connectivity index (χ3n) is 5.57. The van der Waals surface area contributed by atoms with E-state index in [-0.39, 0.29) is 0 Å². The Morgan fingerprint density at radius 3 is 2.67 bits per heavy atom. The lowest BCUT2D eigenvalue weighted by atomic mass is 9.93. The van der Waals surface area contributed by atoms with Crippen LogP contribution < -0.4 is 11.1 Å². The Morgan fingerprint density at radius 1 is 1.15 bits per heavy atom. The monoisotopic (exact) mass is 365 g/mol. The van der Waals surface area contributed by atoms with Gasteiger partial charge in [0.15, 0.2) is 0 Å². The van der Waals surface area contributed by atoms with Crippen LogP contribution >= 0.6 is 0 Å². The number of nitrogen functional groups attached to an aromatic ring is 1. The van der Waals surface area contributed by atoms with Crippen LogP contribution in [0, 0.1) is 5.92 Å². The molecule has 1 fully saturated rings. The molecule has 1 aliphatic rings. The number of nitrogens with zero attached hydrogens (tertiary/aromatic N) is 3. The van der Waals surface area contributed by atoms with Crippen molar-refractivity contribution in [2.24, 2.45) is 5.92 Å². The molecule has 3 N–H and O–H groups in total. The van der Waals surface area contributed by atoms with E-state index in [4.69, 9.17) is 5.73 Å². The van der Waals surface area contributed by atoms with Crippen molar-refractivity contribution in [3.63, 3.8) is 0 Å². The van der Waals surface area contributed by atoms with Gasteiger partial charge in [-0.2, -0.15) is 0 Å². The summed E-state index contributed by atoms with van der Waals surface area (Å²) < 4.78 is 2.30. The fourth-order valence-corrected chi connectivity index (χ4v) is 4.24. The van der Waals surface area contributed by atoms with Crippen molar-refractivity contribution in [1.82, 2.24) is 19.9 Å². The van der Waals surface area contributed by atoms with Crippen LogP contribution in [0.5, 0.6) is 0 Å². The molecule has 0 radical (unpaired) electrons. The molecule has 27 heavy (non-hydrogen) atoms. The molecule has 0 amide bonds. The average molecular weight is 366 g/mol. The van der Waals surface area contributed by atoms with E-state index >= 15 is 0 Å². The van der Waals surface area contributed by atoms with Crippen LogP contribution in [-0.4, -0.2) is 21.6 Å². The fourth-order valence-electron chi connectivity index (χ4n) is 4.24. The summed E-state index contributed by atoms with van der Waals surface area (Å²) in [5, 5.41) is 4.45. The number of anilines is 1. The van der Waals surface area contributed by atoms with E-state index in [0.29, 0.717) is 17.9 Å². The lowest BCUT2D eigenvalue weighted by molar-refractivity contribution is 0.398. The van der Waals surface area contributed by atoms with Crippen LogP contribution in [0.1, 0.15) is 57.2 Å². The zero-order valence-electron chi connectivity index (χ0n) is 16.6. The van der Waals surface area contributed by atoms with Gasteiger partial charge in [0, 0.05) is 18.3 Å². The van der Waals surface area contributed by atoms with Crippen molar-refractivity contribution in [1.29, 1.82) is 0 Å². The second-order valence-electron chi connectivity index (χ2n) is 7.04. The maximum Gasteiger partial charge on any atom is 0.145 e. The van der Waals surface area contributed by atoms with Crippen molar-refractivity contribution >= 4 is 16.9 Å². The topological polar surface area (TPSA) is 68.8 Å². The summed E-state index contributed by atoms with van der Waals surface area (Å²) in [4.78, 5) is 8.55. The van der Waals surface area contributed by atoms with Gasteiger partial charge in [-0.25, -0.2) is 9.97 Å². The molecule has 1 aliphatic carbocycles. The third-order valence-corrected chi connectivity index (χ3v) is 5.57. The molecule has 144 valence electrons. The SMILES string of the molecule is CC.CN[C@@H](CC1CCC(n2ccc3c(N)ncnc32)C1)c1ccccc1. The summed E-state index contributed by atoms with van der Waals surface area (Å²) in [5.74, 6) is 1.29. The lowest BCUT2D eigenvalue weighted by Crippen LogP contribution is -2.19. The number of nitrogens with two attached hydrogens (primary N) is 1. The van der Waals surface area contributed by atoms with Crippen molar-refractivity contribution in [2.45, 2.75) is 51.6 Å². The smallest absolute Gasteiger partial charge is 0.145 e. The average Bonchev–Trinajstić information content (AvgIpc) is 3.36. The summed E-state index contributed by atoms with van der Waals surface area (Å²) in [6.45, 7) is 4.00. The zero-order valence-corrected chi connectivity index (χ0v) is 16.6.